The van der Waals surface area contributed by atoms with Gasteiger partial charge in [-0.2, -0.15) is 4.90 Å². The van der Waals surface area contributed by atoms with Gasteiger partial charge in [-0.3, -0.25) is 34.4 Å². The summed E-state index contributed by atoms with van der Waals surface area (Å²) in [5.74, 6) is -4.71. The zero-order valence-electron chi connectivity index (χ0n) is 47.9. The molecule has 0 aliphatic carbocycles. The Morgan fingerprint density at radius 3 is 2.29 bits per heavy atom. The summed E-state index contributed by atoms with van der Waals surface area (Å²) >= 11 is 0. The van der Waals surface area contributed by atoms with Crippen LogP contribution in [0.5, 0.6) is 5.75 Å². The van der Waals surface area contributed by atoms with E-state index in [1.54, 1.807) is 63.1 Å². The number of benzene rings is 3. The van der Waals surface area contributed by atoms with E-state index in [4.69, 9.17) is 14.2 Å². The number of alkyl halides is 2. The predicted octanol–water partition coefficient (Wildman–Crippen LogP) is 9.10. The number of hydrogen-bond acceptors (Lipinski definition) is 17. The summed E-state index contributed by atoms with van der Waals surface area (Å²) in [5, 5.41) is 19.9. The summed E-state index contributed by atoms with van der Waals surface area (Å²) in [6.07, 6.45) is -0.398. The number of imidazole rings is 1. The lowest BCUT2D eigenvalue weighted by atomic mass is 9.82. The normalized spacial score (nSPS) is 17.7. The van der Waals surface area contributed by atoms with E-state index in [2.05, 4.69) is 35.9 Å². The van der Waals surface area contributed by atoms with Gasteiger partial charge in [0.1, 0.15) is 35.5 Å². The molecule has 85 heavy (non-hydrogen) atoms. The Bertz CT molecular complexity index is 3470. The molecule has 0 bridgehead atoms. The molecule has 6 heterocycles. The highest BCUT2D eigenvalue weighted by molar-refractivity contribution is 6.25. The van der Waals surface area contributed by atoms with Crippen molar-refractivity contribution in [2.24, 2.45) is 0 Å². The second kappa shape index (κ2) is 25.3. The van der Waals surface area contributed by atoms with Gasteiger partial charge in [-0.25, -0.2) is 42.1 Å². The number of fused-ring (bicyclic) bond motifs is 2. The zero-order valence-corrected chi connectivity index (χ0v) is 47.9. The van der Waals surface area contributed by atoms with Crippen molar-refractivity contribution in [1.82, 2.24) is 40.0 Å². The van der Waals surface area contributed by atoms with E-state index >= 15 is 8.78 Å². The van der Waals surface area contributed by atoms with Crippen molar-refractivity contribution >= 4 is 64.2 Å². The minimum atomic E-state index is -3.11. The lowest BCUT2D eigenvalue weighted by Gasteiger charge is -2.47. The van der Waals surface area contributed by atoms with Gasteiger partial charge in [0, 0.05) is 49.9 Å². The number of aromatic nitrogens is 5. The summed E-state index contributed by atoms with van der Waals surface area (Å²) < 4.78 is 80.2. The first-order chi connectivity index (χ1) is 40.4. The number of nitrogens with zero attached hydrogens (tertiary/aromatic N) is 8. The number of amides is 6. The third-order valence-electron chi connectivity index (χ3n) is 14.6. The maximum atomic E-state index is 16.4. The quantitative estimate of drug-likeness (QED) is 0.0316. The Labute approximate surface area is 487 Å². The fourth-order valence-corrected chi connectivity index (χ4v) is 10.6. The number of halogens is 4. The van der Waals surface area contributed by atoms with Gasteiger partial charge < -0.3 is 39.4 Å². The van der Waals surface area contributed by atoms with Crippen molar-refractivity contribution in [3.63, 3.8) is 0 Å². The standard InChI is InChI=1S/C60H67F4N11O10/c1-58(2,3)84-56(81)75(57(82)85-59(4,5)6)52-48-51(67-33-68-52)73(34-69-48)31-36-26-42(66-30-44(36)72-24-15-22-60(32-72,49(77)50(63)64)70-29-35-16-10-9-11-17-35)38-27-40(62)45(28-39(38)61)83-25-13-8-7-12-23-65-41-19-14-18-37-47(41)55(80)74(54(37)79)43-20-21-46(76)71-53(43)78/h9-11,14,16-19,26-28,30,33-34,43,49-50,65,70,77H,7-8,12-13,15,20-25,29,31-32H2,1-6H3,(H,71,76,78)/t43?,49-,60-/m1/s1. The van der Waals surface area contributed by atoms with Crippen LogP contribution < -0.4 is 30.5 Å². The smallest absolute Gasteiger partial charge is 0.425 e. The van der Waals surface area contributed by atoms with Gasteiger partial charge in [0.2, 0.25) is 11.8 Å². The molecule has 450 valence electrons. The molecular weight excluding hydrogens is 1110 g/mol. The Balaban J connectivity index is 0.925. The van der Waals surface area contributed by atoms with Crippen molar-refractivity contribution in [1.29, 1.82) is 0 Å². The summed E-state index contributed by atoms with van der Waals surface area (Å²) in [6.45, 7) is 10.5. The number of nitrogens with one attached hydrogen (secondary N) is 3. The van der Waals surface area contributed by atoms with Crippen LogP contribution in [-0.4, -0.2) is 132 Å². The number of aliphatic hydroxyl groups excluding tert-OH is 1. The fourth-order valence-electron chi connectivity index (χ4n) is 10.6. The average molecular weight is 1180 g/mol. The van der Waals surface area contributed by atoms with E-state index in [0.717, 1.165) is 28.9 Å². The SMILES string of the molecule is CC(C)(C)OC(=O)N(C(=O)OC(C)(C)C)c1ncnc2c1ncn2Cc1cc(-c2cc(F)c(OCCCCCCNc3cccc4c3C(=O)N(C3CCC(=O)NC3=O)C4=O)cc2F)ncc1N1CCC[C@](NCc2ccccc2)([C@H](O)C(F)F)C1. The second-order valence-corrected chi connectivity index (χ2v) is 23.2. The molecule has 2 fully saturated rings. The average Bonchev–Trinajstić information content (AvgIpc) is 1.92. The largest absolute Gasteiger partial charge is 0.490 e. The fraction of sp³-hybridized carbons (Fsp3) is 0.433. The van der Waals surface area contributed by atoms with Crippen molar-refractivity contribution in [3.05, 3.63) is 119 Å². The Hall–Kier alpha value is -8.58. The molecule has 0 radical (unpaired) electrons. The number of pyridine rings is 1. The molecule has 0 saturated carbocycles. The molecule has 9 rings (SSSR count). The minimum absolute atomic E-state index is 0.00257. The van der Waals surface area contributed by atoms with Crippen LogP contribution in [0, 0.1) is 11.6 Å². The Morgan fingerprint density at radius 2 is 1.59 bits per heavy atom. The molecule has 6 amide bonds. The van der Waals surface area contributed by atoms with Gasteiger partial charge >= 0.3 is 12.2 Å². The highest BCUT2D eigenvalue weighted by Gasteiger charge is 2.47. The van der Waals surface area contributed by atoms with Crippen LogP contribution in [0.15, 0.2) is 85.6 Å². The summed E-state index contributed by atoms with van der Waals surface area (Å²) in [7, 11) is 0. The zero-order chi connectivity index (χ0) is 61.0. The second-order valence-electron chi connectivity index (χ2n) is 23.2. The molecule has 3 aromatic carbocycles. The number of imide groups is 3. The van der Waals surface area contributed by atoms with E-state index in [9.17, 15) is 42.7 Å². The highest BCUT2D eigenvalue weighted by Crippen LogP contribution is 2.38. The van der Waals surface area contributed by atoms with Crippen LogP contribution in [-0.2, 0) is 32.2 Å². The van der Waals surface area contributed by atoms with Gasteiger partial charge in [-0.15, -0.1) is 0 Å². The van der Waals surface area contributed by atoms with Crippen molar-refractivity contribution in [2.75, 3.05) is 41.4 Å². The molecule has 1 unspecified atom stereocenters. The summed E-state index contributed by atoms with van der Waals surface area (Å²) in [6, 6.07) is 16.3. The molecule has 2 saturated heterocycles. The van der Waals surface area contributed by atoms with Gasteiger partial charge in [0.25, 0.3) is 18.2 Å². The van der Waals surface area contributed by atoms with Crippen molar-refractivity contribution < 1.29 is 65.6 Å². The number of rotatable bonds is 20. The molecular formula is C60H67F4N11O10. The summed E-state index contributed by atoms with van der Waals surface area (Å²) in [4.78, 5) is 99.6. The van der Waals surface area contributed by atoms with Crippen molar-refractivity contribution in [3.8, 4) is 17.0 Å². The number of carbonyl (C=O) groups excluding carboxylic acids is 6. The molecule has 25 heteroatoms. The maximum Gasteiger partial charge on any atom is 0.425 e. The number of unbranched alkanes of at least 4 members (excludes halogenated alkanes) is 3. The third-order valence-corrected chi connectivity index (χ3v) is 14.6. The number of ether oxygens (including phenoxy) is 3. The van der Waals surface area contributed by atoms with E-state index in [1.807, 2.05) is 30.3 Å². The topological polar surface area (TPSA) is 253 Å². The summed E-state index contributed by atoms with van der Waals surface area (Å²) in [5.41, 5.74) is -1.33. The minimum Gasteiger partial charge on any atom is -0.490 e. The van der Waals surface area contributed by atoms with Gasteiger partial charge in [-0.05, 0) is 109 Å². The van der Waals surface area contributed by atoms with Crippen LogP contribution in [0.2, 0.25) is 0 Å². The molecule has 3 atom stereocenters. The van der Waals surface area contributed by atoms with Crippen LogP contribution in [0.4, 0.5) is 44.3 Å². The van der Waals surface area contributed by atoms with Crippen LogP contribution in [0.3, 0.4) is 0 Å². The molecule has 3 aromatic heterocycles. The van der Waals surface area contributed by atoms with Crippen LogP contribution >= 0.6 is 0 Å². The Kier molecular flexibility index (Phi) is 18.2. The molecule has 3 aliphatic heterocycles. The number of anilines is 3. The first-order valence-electron chi connectivity index (χ1n) is 28.0. The molecule has 21 nitrogen and oxygen atoms in total. The highest BCUT2D eigenvalue weighted by atomic mass is 19.3. The lowest BCUT2D eigenvalue weighted by molar-refractivity contribution is -0.136. The maximum absolute atomic E-state index is 16.4. The number of carbonyl (C=O) groups is 6. The Morgan fingerprint density at radius 1 is 0.859 bits per heavy atom. The van der Waals surface area contributed by atoms with E-state index < -0.39 is 82.8 Å². The number of piperidine rings is 2. The molecule has 0 spiro atoms. The lowest BCUT2D eigenvalue weighted by Crippen LogP contribution is -2.65. The van der Waals surface area contributed by atoms with E-state index in [1.165, 1.54) is 24.7 Å². The third kappa shape index (κ3) is 13.8. The van der Waals surface area contributed by atoms with Gasteiger partial charge in [-0.1, -0.05) is 49.2 Å². The van der Waals surface area contributed by atoms with E-state index in [-0.39, 0.29) is 90.6 Å². The first-order valence-corrected chi connectivity index (χ1v) is 28.0. The number of aliphatic hydroxyl groups is 1. The van der Waals surface area contributed by atoms with Crippen LogP contribution in [0.1, 0.15) is 125 Å². The first kappa shape index (κ1) is 61.0. The van der Waals surface area contributed by atoms with E-state index in [0.29, 0.717) is 67.0 Å². The van der Waals surface area contributed by atoms with Gasteiger partial charge in [0.15, 0.2) is 28.5 Å². The monoisotopic (exact) mass is 1180 g/mol. The molecule has 4 N–H and O–H groups in total. The predicted molar refractivity (Wildman–Crippen MR) is 304 cm³/mol. The van der Waals surface area contributed by atoms with Gasteiger partial charge in [0.05, 0.1) is 53.7 Å². The van der Waals surface area contributed by atoms with Crippen molar-refractivity contribution in [2.45, 2.75) is 141 Å². The molecule has 6 aromatic rings. The number of hydrogen-bond donors (Lipinski definition) is 4. The van der Waals surface area contributed by atoms with Crippen LogP contribution in [0.25, 0.3) is 22.4 Å². The molecule has 3 aliphatic rings.